The third-order valence-electron chi connectivity index (χ3n) is 7.08. The van der Waals surface area contributed by atoms with E-state index in [1.165, 1.54) is 6.07 Å². The SMILES string of the molecule is Cc1cc(Br)c(-c2cc(NC(=O)N3CCN(c4ccc(C(F)(F)F)cn4)CC3)ccc2OCCN2CC2)n1C. The van der Waals surface area contributed by atoms with Crippen LogP contribution >= 0.6 is 15.9 Å². The number of aryl methyl sites for hydroxylation is 1. The van der Waals surface area contributed by atoms with Crippen LogP contribution in [0.2, 0.25) is 0 Å². The normalized spacial score (nSPS) is 15.9. The molecule has 1 aromatic carbocycles. The minimum atomic E-state index is -4.42. The predicted octanol–water partition coefficient (Wildman–Crippen LogP) is 5.23. The molecule has 2 aliphatic rings. The number of ether oxygens (including phenoxy) is 1. The first-order valence-electron chi connectivity index (χ1n) is 12.8. The number of urea groups is 1. The van der Waals surface area contributed by atoms with Crippen molar-refractivity contribution in [1.82, 2.24) is 19.4 Å². The molecule has 0 spiro atoms. The third-order valence-corrected chi connectivity index (χ3v) is 7.69. The van der Waals surface area contributed by atoms with E-state index in [0.717, 1.165) is 59.1 Å². The molecular weight excluding hydrogens is 577 g/mol. The van der Waals surface area contributed by atoms with Crippen molar-refractivity contribution in [3.63, 3.8) is 0 Å². The van der Waals surface area contributed by atoms with Gasteiger partial charge in [-0.15, -0.1) is 0 Å². The second-order valence-electron chi connectivity index (χ2n) is 9.75. The first kappa shape index (κ1) is 27.3. The molecule has 0 bridgehead atoms. The Morgan fingerprint density at radius 3 is 2.41 bits per heavy atom. The van der Waals surface area contributed by atoms with E-state index in [2.05, 4.69) is 35.7 Å². The van der Waals surface area contributed by atoms with E-state index in [4.69, 9.17) is 4.74 Å². The van der Waals surface area contributed by atoms with Crippen LogP contribution in [0.3, 0.4) is 0 Å². The van der Waals surface area contributed by atoms with Gasteiger partial charge in [0, 0.05) is 80.5 Å². The predicted molar refractivity (Wildman–Crippen MR) is 147 cm³/mol. The lowest BCUT2D eigenvalue weighted by Gasteiger charge is -2.35. The molecular formula is C27H30BrF3N6O2. The number of hydrogen-bond acceptors (Lipinski definition) is 5. The second kappa shape index (κ2) is 11.1. The smallest absolute Gasteiger partial charge is 0.417 e. The van der Waals surface area contributed by atoms with Crippen LogP contribution in [0.25, 0.3) is 11.3 Å². The molecule has 2 aliphatic heterocycles. The molecule has 0 radical (unpaired) electrons. The van der Waals surface area contributed by atoms with Crippen LogP contribution < -0.4 is 15.0 Å². The molecule has 1 N–H and O–H groups in total. The van der Waals surface area contributed by atoms with Crippen LogP contribution in [-0.2, 0) is 13.2 Å². The van der Waals surface area contributed by atoms with Gasteiger partial charge in [0.1, 0.15) is 18.2 Å². The lowest BCUT2D eigenvalue weighted by Crippen LogP contribution is -2.50. The maximum absolute atomic E-state index is 13.1. The van der Waals surface area contributed by atoms with Gasteiger partial charge < -0.3 is 24.4 Å². The molecule has 4 heterocycles. The number of halogens is 4. The summed E-state index contributed by atoms with van der Waals surface area (Å²) in [6, 6.07) is 9.85. The van der Waals surface area contributed by atoms with E-state index in [-0.39, 0.29) is 6.03 Å². The number of carbonyl (C=O) groups is 1. The maximum atomic E-state index is 13.1. The summed E-state index contributed by atoms with van der Waals surface area (Å²) >= 11 is 3.67. The zero-order chi connectivity index (χ0) is 27.7. The van der Waals surface area contributed by atoms with Crippen molar-refractivity contribution in [2.75, 3.05) is 62.6 Å². The molecule has 12 heteroatoms. The van der Waals surface area contributed by atoms with Crippen LogP contribution in [-0.4, -0.2) is 77.8 Å². The number of nitrogens with zero attached hydrogens (tertiary/aromatic N) is 5. The summed E-state index contributed by atoms with van der Waals surface area (Å²) < 4.78 is 47.7. The molecule has 0 aliphatic carbocycles. The largest absolute Gasteiger partial charge is 0.492 e. The van der Waals surface area contributed by atoms with Gasteiger partial charge in [-0.3, -0.25) is 4.90 Å². The Labute approximate surface area is 233 Å². The third kappa shape index (κ3) is 6.33. The Bertz CT molecular complexity index is 1330. The first-order chi connectivity index (χ1) is 18.6. The molecule has 2 saturated heterocycles. The van der Waals surface area contributed by atoms with Gasteiger partial charge in [0.15, 0.2) is 0 Å². The maximum Gasteiger partial charge on any atom is 0.417 e. The molecule has 3 aromatic rings. The number of hydrogen-bond donors (Lipinski definition) is 1. The average Bonchev–Trinajstić information content (AvgIpc) is 3.70. The molecule has 5 rings (SSSR count). The first-order valence-corrected chi connectivity index (χ1v) is 13.5. The Morgan fingerprint density at radius 1 is 1.08 bits per heavy atom. The highest BCUT2D eigenvalue weighted by Gasteiger charge is 2.31. The standard InChI is InChI=1S/C27H30BrF3N6O2/c1-18-15-22(28)25(34(18)2)21-16-20(4-5-23(21)39-14-13-35-7-8-35)33-26(38)37-11-9-36(10-12-37)24-6-3-19(17-32-24)27(29,30)31/h3-6,15-17H,7-14H2,1-2H3,(H,33,38). The van der Waals surface area contributed by atoms with E-state index >= 15 is 0 Å². The van der Waals surface area contributed by atoms with Gasteiger partial charge in [0.2, 0.25) is 0 Å². The zero-order valence-electron chi connectivity index (χ0n) is 21.8. The summed E-state index contributed by atoms with van der Waals surface area (Å²) in [5.41, 5.74) is 2.79. The van der Waals surface area contributed by atoms with Gasteiger partial charge in [0.25, 0.3) is 0 Å². The fourth-order valence-corrected chi connectivity index (χ4v) is 5.38. The summed E-state index contributed by atoms with van der Waals surface area (Å²) in [5, 5.41) is 3.00. The molecule has 0 saturated carbocycles. The van der Waals surface area contributed by atoms with Crippen molar-refractivity contribution in [1.29, 1.82) is 0 Å². The lowest BCUT2D eigenvalue weighted by atomic mass is 10.1. The molecule has 39 heavy (non-hydrogen) atoms. The van der Waals surface area contributed by atoms with E-state index in [0.29, 0.717) is 44.3 Å². The van der Waals surface area contributed by atoms with Crippen molar-refractivity contribution < 1.29 is 22.7 Å². The zero-order valence-corrected chi connectivity index (χ0v) is 23.3. The number of rotatable bonds is 7. The van der Waals surface area contributed by atoms with Crippen molar-refractivity contribution in [2.45, 2.75) is 13.1 Å². The van der Waals surface area contributed by atoms with E-state index in [1.807, 2.05) is 43.1 Å². The molecule has 0 unspecified atom stereocenters. The van der Waals surface area contributed by atoms with Crippen molar-refractivity contribution >= 4 is 33.5 Å². The fourth-order valence-electron chi connectivity index (χ4n) is 4.57. The summed E-state index contributed by atoms with van der Waals surface area (Å²) in [6.45, 7) is 7.48. The number of anilines is 2. The molecule has 2 amide bonds. The van der Waals surface area contributed by atoms with Crippen LogP contribution in [0.15, 0.2) is 47.1 Å². The number of aromatic nitrogens is 2. The molecule has 2 aromatic heterocycles. The summed E-state index contributed by atoms with van der Waals surface area (Å²) in [5.74, 6) is 1.21. The highest BCUT2D eigenvalue weighted by molar-refractivity contribution is 9.10. The van der Waals surface area contributed by atoms with Crippen LogP contribution in [0.1, 0.15) is 11.3 Å². The lowest BCUT2D eigenvalue weighted by molar-refractivity contribution is -0.137. The van der Waals surface area contributed by atoms with Gasteiger partial charge >= 0.3 is 12.2 Å². The quantitative estimate of drug-likeness (QED) is 0.373. The molecule has 0 atom stereocenters. The summed E-state index contributed by atoms with van der Waals surface area (Å²) in [7, 11) is 1.99. The number of piperazine rings is 1. The number of nitrogens with one attached hydrogen (secondary N) is 1. The van der Waals surface area contributed by atoms with Crippen LogP contribution in [0.5, 0.6) is 5.75 Å². The minimum Gasteiger partial charge on any atom is -0.492 e. The average molecular weight is 607 g/mol. The highest BCUT2D eigenvalue weighted by atomic mass is 79.9. The van der Waals surface area contributed by atoms with Crippen LogP contribution in [0, 0.1) is 6.92 Å². The van der Waals surface area contributed by atoms with Crippen LogP contribution in [0.4, 0.5) is 29.5 Å². The Hall–Kier alpha value is -3.25. The summed E-state index contributed by atoms with van der Waals surface area (Å²) in [4.78, 5) is 22.9. The van der Waals surface area contributed by atoms with Gasteiger partial charge in [-0.2, -0.15) is 13.2 Å². The Morgan fingerprint density at radius 2 is 1.82 bits per heavy atom. The van der Waals surface area contributed by atoms with Gasteiger partial charge in [-0.25, -0.2) is 9.78 Å². The topological polar surface area (TPSA) is 65.6 Å². The number of amides is 2. The van der Waals surface area contributed by atoms with E-state index in [1.54, 1.807) is 4.90 Å². The molecule has 8 nitrogen and oxygen atoms in total. The fraction of sp³-hybridized carbons (Fsp3) is 0.407. The van der Waals surface area contributed by atoms with Crippen molar-refractivity contribution in [2.24, 2.45) is 7.05 Å². The van der Waals surface area contributed by atoms with Crippen molar-refractivity contribution in [3.05, 3.63) is 58.3 Å². The van der Waals surface area contributed by atoms with Gasteiger partial charge in [0.05, 0.1) is 11.3 Å². The Kier molecular flexibility index (Phi) is 7.77. The molecule has 2 fully saturated rings. The summed E-state index contributed by atoms with van der Waals surface area (Å²) in [6.07, 6.45) is -3.58. The number of pyridine rings is 1. The van der Waals surface area contributed by atoms with Crippen molar-refractivity contribution in [3.8, 4) is 17.0 Å². The minimum absolute atomic E-state index is 0.238. The van der Waals surface area contributed by atoms with E-state index < -0.39 is 11.7 Å². The van der Waals surface area contributed by atoms with Gasteiger partial charge in [-0.1, -0.05) is 0 Å². The Balaban J connectivity index is 1.25. The molecule has 208 valence electrons. The van der Waals surface area contributed by atoms with E-state index in [9.17, 15) is 18.0 Å². The number of carbonyl (C=O) groups excluding carboxylic acids is 1. The monoisotopic (exact) mass is 606 g/mol. The highest BCUT2D eigenvalue weighted by Crippen LogP contribution is 2.38. The number of alkyl halides is 3. The second-order valence-corrected chi connectivity index (χ2v) is 10.6. The van der Waals surface area contributed by atoms with Gasteiger partial charge in [-0.05, 0) is 59.3 Å². The number of benzene rings is 1.